The van der Waals surface area contributed by atoms with Crippen LogP contribution in [-0.2, 0) is 11.3 Å². The molecule has 1 saturated carbocycles. The number of nitrogens with zero attached hydrogens (tertiary/aromatic N) is 4. The molecule has 0 radical (unpaired) electrons. The number of benzene rings is 2. The molecule has 0 bridgehead atoms. The number of thioether (sulfide) groups is 1. The van der Waals surface area contributed by atoms with Gasteiger partial charge in [0.1, 0.15) is 16.8 Å². The highest BCUT2D eigenvalue weighted by molar-refractivity contribution is 8.00. The van der Waals surface area contributed by atoms with Crippen LogP contribution in [0.5, 0.6) is 0 Å². The van der Waals surface area contributed by atoms with E-state index in [1.54, 1.807) is 25.1 Å². The molecule has 1 heterocycles. The molecule has 1 aliphatic rings. The molecule has 4 rings (SSSR count). The van der Waals surface area contributed by atoms with Crippen molar-refractivity contribution in [2.24, 2.45) is 0 Å². The van der Waals surface area contributed by atoms with Gasteiger partial charge in [-0.2, -0.15) is 0 Å². The number of nitro groups is 1. The van der Waals surface area contributed by atoms with E-state index in [9.17, 15) is 14.9 Å². The lowest BCUT2D eigenvalue weighted by Gasteiger charge is -2.17. The van der Waals surface area contributed by atoms with Crippen LogP contribution in [-0.4, -0.2) is 25.6 Å². The molecule has 1 aliphatic carbocycles. The number of carbonyl (C=O) groups excluding carboxylic acids is 1. The summed E-state index contributed by atoms with van der Waals surface area (Å²) in [6.45, 7) is 6.15. The van der Waals surface area contributed by atoms with Crippen molar-refractivity contribution in [1.82, 2.24) is 14.8 Å². The number of amides is 1. The molecule has 2 aromatic carbocycles. The quantitative estimate of drug-likeness (QED) is 0.213. The molecule has 8 nitrogen and oxygen atoms in total. The van der Waals surface area contributed by atoms with Crippen molar-refractivity contribution in [1.29, 1.82) is 0 Å². The van der Waals surface area contributed by atoms with Crippen LogP contribution in [0.4, 0.5) is 11.4 Å². The third kappa shape index (κ3) is 4.72. The number of anilines is 1. The number of rotatable bonds is 9. The summed E-state index contributed by atoms with van der Waals surface area (Å²) in [4.78, 5) is 24.4. The van der Waals surface area contributed by atoms with Gasteiger partial charge in [-0.15, -0.1) is 16.8 Å². The lowest BCUT2D eigenvalue weighted by atomic mass is 10.1. The van der Waals surface area contributed by atoms with Gasteiger partial charge >= 0.3 is 0 Å². The molecule has 1 fully saturated rings. The van der Waals surface area contributed by atoms with Gasteiger partial charge < -0.3 is 9.88 Å². The minimum absolute atomic E-state index is 0.138. The fourth-order valence-corrected chi connectivity index (χ4v) is 4.49. The maximum absolute atomic E-state index is 13.4. The Morgan fingerprint density at radius 3 is 2.72 bits per heavy atom. The Morgan fingerprint density at radius 2 is 2.06 bits per heavy atom. The summed E-state index contributed by atoms with van der Waals surface area (Å²) in [5.41, 5.74) is 1.54. The highest BCUT2D eigenvalue weighted by Gasteiger charge is 2.32. The first-order valence-electron chi connectivity index (χ1n) is 10.3. The second-order valence-corrected chi connectivity index (χ2v) is 8.76. The van der Waals surface area contributed by atoms with Gasteiger partial charge in [-0.1, -0.05) is 54.2 Å². The summed E-state index contributed by atoms with van der Waals surface area (Å²) in [6, 6.07) is 14.0. The maximum Gasteiger partial charge on any atom is 0.293 e. The Balaban J connectivity index is 1.66. The zero-order valence-corrected chi connectivity index (χ0v) is 18.4. The lowest BCUT2D eigenvalue weighted by Crippen LogP contribution is -2.20. The van der Waals surface area contributed by atoms with E-state index in [1.165, 1.54) is 17.8 Å². The molecule has 164 valence electrons. The maximum atomic E-state index is 13.4. The first kappa shape index (κ1) is 21.8. The van der Waals surface area contributed by atoms with Crippen LogP contribution in [0.25, 0.3) is 0 Å². The summed E-state index contributed by atoms with van der Waals surface area (Å²) in [5.74, 6) is 0.944. The third-order valence-corrected chi connectivity index (χ3v) is 6.41. The second-order valence-electron chi connectivity index (χ2n) is 7.69. The van der Waals surface area contributed by atoms with Gasteiger partial charge in [-0.05, 0) is 37.0 Å². The van der Waals surface area contributed by atoms with Crippen molar-refractivity contribution in [2.45, 2.75) is 42.6 Å². The van der Waals surface area contributed by atoms with Crippen LogP contribution >= 0.6 is 11.8 Å². The van der Waals surface area contributed by atoms with Crippen LogP contribution in [0.2, 0.25) is 0 Å². The molecular formula is C23H23N5O3S. The molecule has 1 N–H and O–H groups in total. The van der Waals surface area contributed by atoms with Gasteiger partial charge in [0, 0.05) is 18.5 Å². The zero-order chi connectivity index (χ0) is 22.7. The third-order valence-electron chi connectivity index (χ3n) is 5.17. The molecule has 3 aromatic rings. The molecule has 32 heavy (non-hydrogen) atoms. The van der Waals surface area contributed by atoms with E-state index < -0.39 is 10.2 Å². The molecule has 9 heteroatoms. The Hall–Kier alpha value is -3.46. The van der Waals surface area contributed by atoms with Crippen LogP contribution < -0.4 is 5.32 Å². The Bertz CT molecular complexity index is 1160. The lowest BCUT2D eigenvalue weighted by molar-refractivity contribution is -0.384. The topological polar surface area (TPSA) is 103 Å². The van der Waals surface area contributed by atoms with Gasteiger partial charge in [-0.25, -0.2) is 0 Å². The zero-order valence-electron chi connectivity index (χ0n) is 17.6. The Kier molecular flexibility index (Phi) is 6.36. The van der Waals surface area contributed by atoms with E-state index in [-0.39, 0.29) is 17.3 Å². The predicted octanol–water partition coefficient (Wildman–Crippen LogP) is 5.03. The first-order chi connectivity index (χ1) is 15.5. The minimum Gasteiger partial charge on any atom is -0.319 e. The largest absolute Gasteiger partial charge is 0.319 e. The molecular weight excluding hydrogens is 426 g/mol. The summed E-state index contributed by atoms with van der Waals surface area (Å²) < 4.78 is 1.99. The van der Waals surface area contributed by atoms with Crippen LogP contribution in [0, 0.1) is 17.0 Å². The molecule has 0 spiro atoms. The van der Waals surface area contributed by atoms with E-state index >= 15 is 0 Å². The molecule has 1 amide bonds. The Labute approximate surface area is 189 Å². The average Bonchev–Trinajstić information content (AvgIpc) is 3.55. The van der Waals surface area contributed by atoms with Crippen molar-refractivity contribution in [3.63, 3.8) is 0 Å². The number of nitro benzene ring substituents is 1. The van der Waals surface area contributed by atoms with E-state index in [1.807, 2.05) is 34.9 Å². The number of aryl methyl sites for hydroxylation is 1. The smallest absolute Gasteiger partial charge is 0.293 e. The van der Waals surface area contributed by atoms with Crippen molar-refractivity contribution >= 4 is 29.0 Å². The van der Waals surface area contributed by atoms with Crippen molar-refractivity contribution in [3.8, 4) is 0 Å². The normalized spacial score (nSPS) is 14.0. The van der Waals surface area contributed by atoms with Gasteiger partial charge in [0.15, 0.2) is 5.16 Å². The minimum atomic E-state index is -0.670. The average molecular weight is 450 g/mol. The molecule has 0 aliphatic heterocycles. The molecule has 1 aromatic heterocycles. The summed E-state index contributed by atoms with van der Waals surface area (Å²) in [6.07, 6.45) is 3.95. The fraction of sp³-hybridized carbons (Fsp3) is 0.261. The highest BCUT2D eigenvalue weighted by atomic mass is 32.2. The van der Waals surface area contributed by atoms with Crippen molar-refractivity contribution < 1.29 is 9.72 Å². The van der Waals surface area contributed by atoms with Crippen LogP contribution in [0.15, 0.2) is 66.3 Å². The van der Waals surface area contributed by atoms with Crippen LogP contribution in [0.3, 0.4) is 0 Å². The van der Waals surface area contributed by atoms with E-state index in [4.69, 9.17) is 0 Å². The van der Waals surface area contributed by atoms with Crippen molar-refractivity contribution in [2.75, 3.05) is 5.32 Å². The number of nitrogens with one attached hydrogen (secondary N) is 1. The number of hydrogen-bond donors (Lipinski definition) is 1. The molecule has 1 unspecified atom stereocenters. The summed E-state index contributed by atoms with van der Waals surface area (Å²) in [5, 5.41) is 22.9. The fourth-order valence-electron chi connectivity index (χ4n) is 3.43. The molecule has 1 atom stereocenters. The number of hydrogen-bond acceptors (Lipinski definition) is 6. The standard InChI is InChI=1S/C23H23N5O3S/c1-3-13-27-21(17-10-11-17)25-26-23(27)32-20(16-7-5-4-6-8-16)22(29)24-18-12-9-15(2)14-19(18)28(30)31/h3-9,12,14,17,20H,1,10-11,13H2,2H3,(H,24,29). The first-order valence-corrected chi connectivity index (χ1v) is 11.2. The van der Waals surface area contributed by atoms with Gasteiger partial charge in [0.25, 0.3) is 5.69 Å². The molecule has 0 saturated heterocycles. The highest BCUT2D eigenvalue weighted by Crippen LogP contribution is 2.42. The number of aromatic nitrogens is 3. The second kappa shape index (κ2) is 9.35. The van der Waals surface area contributed by atoms with Gasteiger partial charge in [-0.3, -0.25) is 14.9 Å². The number of carbonyl (C=O) groups is 1. The Morgan fingerprint density at radius 1 is 1.31 bits per heavy atom. The van der Waals surface area contributed by atoms with E-state index in [0.717, 1.165) is 29.8 Å². The predicted molar refractivity (Wildman–Crippen MR) is 124 cm³/mol. The van der Waals surface area contributed by atoms with Gasteiger partial charge in [0.05, 0.1) is 4.92 Å². The van der Waals surface area contributed by atoms with Crippen molar-refractivity contribution in [3.05, 3.63) is 88.3 Å². The summed E-state index contributed by atoms with van der Waals surface area (Å²) in [7, 11) is 0. The van der Waals surface area contributed by atoms with E-state index in [2.05, 4.69) is 22.1 Å². The van der Waals surface area contributed by atoms with E-state index in [0.29, 0.717) is 17.6 Å². The van der Waals surface area contributed by atoms with Gasteiger partial charge in [0.2, 0.25) is 5.91 Å². The van der Waals surface area contributed by atoms with Crippen LogP contribution in [0.1, 0.15) is 41.0 Å². The monoisotopic (exact) mass is 449 g/mol. The number of allylic oxidation sites excluding steroid dienone is 1. The SMILES string of the molecule is C=CCn1c(SC(C(=O)Nc2ccc(C)cc2[N+](=O)[O-])c2ccccc2)nnc1C1CC1. The summed E-state index contributed by atoms with van der Waals surface area (Å²) >= 11 is 1.28.